The predicted octanol–water partition coefficient (Wildman–Crippen LogP) is 8.89. The molecule has 0 heterocycles. The number of nitrogens with two attached hydrogens (primary N) is 2. The molecular formula is C53H108Cl2N6O14. The van der Waals surface area contributed by atoms with Gasteiger partial charge in [0.2, 0.25) is 11.8 Å². The van der Waals surface area contributed by atoms with Gasteiger partial charge in [-0.3, -0.25) is 14.4 Å². The Labute approximate surface area is 465 Å². The number of carboxylic acids is 1. The Bertz CT molecular complexity index is 1660. The van der Waals surface area contributed by atoms with E-state index < -0.39 is 83.5 Å². The number of amides is 4. The van der Waals surface area contributed by atoms with Crippen molar-refractivity contribution >= 4 is 72.7 Å². The van der Waals surface area contributed by atoms with E-state index in [0.717, 1.165) is 0 Å². The molecule has 20 nitrogen and oxygen atoms in total. The molecule has 4 amide bonds. The molecule has 448 valence electrons. The zero-order valence-electron chi connectivity index (χ0n) is 49.7. The van der Waals surface area contributed by atoms with Gasteiger partial charge in [-0.25, -0.2) is 24.0 Å². The fourth-order valence-electron chi connectivity index (χ4n) is 6.25. The van der Waals surface area contributed by atoms with Gasteiger partial charge < -0.3 is 61.5 Å². The van der Waals surface area contributed by atoms with Crippen LogP contribution >= 0.6 is 24.8 Å². The van der Waals surface area contributed by atoms with E-state index in [0.29, 0.717) is 44.4 Å². The van der Waals surface area contributed by atoms with Crippen LogP contribution in [0.3, 0.4) is 0 Å². The molecule has 0 aliphatic carbocycles. The van der Waals surface area contributed by atoms with Gasteiger partial charge in [0, 0.05) is 0 Å². The van der Waals surface area contributed by atoms with Crippen molar-refractivity contribution in [2.24, 2.45) is 45.5 Å². The number of esters is 3. The van der Waals surface area contributed by atoms with Gasteiger partial charge in [-0.15, -0.1) is 24.8 Å². The predicted molar refractivity (Wildman–Crippen MR) is 302 cm³/mol. The summed E-state index contributed by atoms with van der Waals surface area (Å²) in [7, 11) is 3.95. The van der Waals surface area contributed by atoms with Gasteiger partial charge in [0.1, 0.15) is 41.4 Å². The average Bonchev–Trinajstić information content (AvgIpc) is 3.15. The second kappa shape index (κ2) is 39.3. The van der Waals surface area contributed by atoms with Gasteiger partial charge in [-0.1, -0.05) is 111 Å². The molecule has 0 aromatic heterocycles. The van der Waals surface area contributed by atoms with Crippen molar-refractivity contribution in [1.29, 1.82) is 0 Å². The molecule has 0 aliphatic heterocycles. The Hall–Kier alpha value is -4.14. The first-order valence-electron chi connectivity index (χ1n) is 24.8. The SMILES string of the molecule is C.CC(C)(C)C[C@H](NC(=O)OC(C)(C)C)C(=O)O.COC(=O)[C@@H](N)CC(C)C.COC(=O)[C@H](CC(C)C)NC(=O)[C@@H](N)CC(C)(C)C.COC(=O)[C@H](CC(C)C)NC(=O)[C@H](CC(C)(C)C)NC(=O)OC(C)(C)C.Cl.Cl. The van der Waals surface area contributed by atoms with Gasteiger partial charge in [0.15, 0.2) is 0 Å². The van der Waals surface area contributed by atoms with Crippen LogP contribution in [0, 0.1) is 34.0 Å². The lowest BCUT2D eigenvalue weighted by Crippen LogP contribution is -2.53. The molecule has 0 saturated carbocycles. The maximum Gasteiger partial charge on any atom is 0.408 e. The van der Waals surface area contributed by atoms with E-state index in [-0.39, 0.29) is 72.2 Å². The van der Waals surface area contributed by atoms with Gasteiger partial charge in [-0.2, -0.15) is 0 Å². The van der Waals surface area contributed by atoms with Crippen molar-refractivity contribution in [2.75, 3.05) is 21.3 Å². The van der Waals surface area contributed by atoms with Gasteiger partial charge >= 0.3 is 36.1 Å². The number of carbonyl (C=O) groups excluding carboxylic acids is 7. The smallest absolute Gasteiger partial charge is 0.408 e. The van der Waals surface area contributed by atoms with Gasteiger partial charge in [-0.05, 0) is 114 Å². The molecule has 6 atom stereocenters. The molecular weight excluding hydrogens is 1020 g/mol. The van der Waals surface area contributed by atoms with Crippen LogP contribution in [0.5, 0.6) is 0 Å². The van der Waals surface area contributed by atoms with Crippen LogP contribution in [-0.2, 0) is 52.5 Å². The molecule has 0 fully saturated rings. The number of hydrogen-bond acceptors (Lipinski definition) is 15. The number of halogens is 2. The van der Waals surface area contributed by atoms with Crippen LogP contribution in [0.2, 0.25) is 0 Å². The molecule has 0 saturated heterocycles. The van der Waals surface area contributed by atoms with E-state index in [4.69, 9.17) is 35.5 Å². The van der Waals surface area contributed by atoms with Crippen LogP contribution in [0.1, 0.15) is 191 Å². The third-order valence-electron chi connectivity index (χ3n) is 9.05. The Morgan fingerprint density at radius 1 is 0.427 bits per heavy atom. The highest BCUT2D eigenvalue weighted by Crippen LogP contribution is 2.23. The molecule has 0 bridgehead atoms. The van der Waals surface area contributed by atoms with Gasteiger partial charge in [0.05, 0.1) is 27.4 Å². The zero-order chi connectivity index (χ0) is 57.9. The van der Waals surface area contributed by atoms with Crippen molar-refractivity contribution in [1.82, 2.24) is 21.3 Å². The Morgan fingerprint density at radius 3 is 0.987 bits per heavy atom. The minimum absolute atomic E-state index is 0. The van der Waals surface area contributed by atoms with Crippen LogP contribution < -0.4 is 32.7 Å². The number of ether oxygens (including phenoxy) is 5. The molecule has 0 spiro atoms. The lowest BCUT2D eigenvalue weighted by molar-refractivity contribution is -0.146. The van der Waals surface area contributed by atoms with E-state index in [1.807, 2.05) is 104 Å². The molecule has 0 unspecified atom stereocenters. The van der Waals surface area contributed by atoms with Crippen molar-refractivity contribution < 1.29 is 67.1 Å². The summed E-state index contributed by atoms with van der Waals surface area (Å²) in [5.74, 6) is -2.12. The average molecular weight is 1120 g/mol. The number of hydrogen-bond donors (Lipinski definition) is 7. The van der Waals surface area contributed by atoms with Crippen molar-refractivity contribution in [3.05, 3.63) is 0 Å². The monoisotopic (exact) mass is 1120 g/mol. The first-order chi connectivity index (χ1) is 32.2. The molecule has 0 aliphatic rings. The molecule has 22 heteroatoms. The summed E-state index contributed by atoms with van der Waals surface area (Å²) >= 11 is 0. The van der Waals surface area contributed by atoms with Crippen molar-refractivity contribution in [2.45, 2.75) is 239 Å². The minimum atomic E-state index is -1.05. The Kier molecular flexibility index (Phi) is 44.4. The first kappa shape index (κ1) is 84.8. The minimum Gasteiger partial charge on any atom is -0.480 e. The summed E-state index contributed by atoms with van der Waals surface area (Å²) in [4.78, 5) is 93.6. The van der Waals surface area contributed by atoms with E-state index >= 15 is 0 Å². The largest absolute Gasteiger partial charge is 0.480 e. The fraction of sp³-hybridized carbons (Fsp3) is 0.849. The number of methoxy groups -OCH3 is 3. The lowest BCUT2D eigenvalue weighted by atomic mass is 9.87. The number of nitrogens with one attached hydrogen (secondary N) is 4. The molecule has 0 aromatic rings. The maximum atomic E-state index is 12.7. The maximum absolute atomic E-state index is 12.7. The summed E-state index contributed by atoms with van der Waals surface area (Å²) in [6, 6.07) is -4.18. The topological polar surface area (TPSA) is 303 Å². The summed E-state index contributed by atoms with van der Waals surface area (Å²) < 4.78 is 24.2. The quantitative estimate of drug-likeness (QED) is 0.0469. The second-order valence-electron chi connectivity index (χ2n) is 24.8. The number of aliphatic carboxylic acids is 1. The molecule has 0 aromatic carbocycles. The normalized spacial score (nSPS) is 13.7. The number of alkyl carbamates (subject to hydrolysis) is 2. The third-order valence-corrected chi connectivity index (χ3v) is 9.05. The third kappa shape index (κ3) is 51.7. The van der Waals surface area contributed by atoms with E-state index in [1.165, 1.54) is 21.3 Å². The molecule has 0 rings (SSSR count). The first-order valence-corrected chi connectivity index (χ1v) is 24.8. The summed E-state index contributed by atoms with van der Waals surface area (Å²) in [6.07, 6.45) is 1.62. The Morgan fingerprint density at radius 2 is 0.720 bits per heavy atom. The number of carboxylic acid groups (broad SMARTS) is 1. The molecule has 0 radical (unpaired) electrons. The second-order valence-corrected chi connectivity index (χ2v) is 24.8. The standard InChI is InChI=1S/C19H36N2O5.C14H28N2O3.C12H23NO4.C7H15NO2.CH4.2ClH/c1-12(2)10-13(16(23)25-9)20-15(22)14(11-18(3,4)5)21-17(24)26-19(6,7)8;1-9(2)7-11(13(18)19-6)16-12(17)10(15)8-14(3,4)5;1-11(2,3)7-8(9(14)15)13-10(16)17-12(4,5)6;1-5(2)4-6(8)7(9)10-3;;;/h12-14H,10-11H2,1-9H3,(H,20,22)(H,21,24);9-11H,7-8,15H2,1-6H3,(H,16,17);8H,7H2,1-6H3,(H,13,16)(H,14,15);5-6H,4,8H2,1-3H3;1H4;2*1H/t13-,14-;10-,11-;8-;6-;;;/m0000.../s1. The summed E-state index contributed by atoms with van der Waals surface area (Å²) in [5, 5.41) is 19.4. The molecule has 9 N–H and O–H groups in total. The van der Waals surface area contributed by atoms with Crippen LogP contribution in [0.4, 0.5) is 9.59 Å². The fourth-order valence-corrected chi connectivity index (χ4v) is 6.25. The highest BCUT2D eigenvalue weighted by molar-refractivity contribution is 5.90. The van der Waals surface area contributed by atoms with E-state index in [1.54, 1.807) is 41.5 Å². The van der Waals surface area contributed by atoms with E-state index in [2.05, 4.69) is 26.0 Å². The van der Waals surface area contributed by atoms with E-state index in [9.17, 15) is 38.4 Å². The number of carbonyl (C=O) groups is 8. The lowest BCUT2D eigenvalue weighted by Gasteiger charge is -2.29. The summed E-state index contributed by atoms with van der Waals surface area (Å²) in [6.45, 7) is 40.1. The molecule has 75 heavy (non-hydrogen) atoms. The van der Waals surface area contributed by atoms with Crippen LogP contribution in [0.25, 0.3) is 0 Å². The number of rotatable bonds is 19. The van der Waals surface area contributed by atoms with Crippen molar-refractivity contribution in [3.8, 4) is 0 Å². The van der Waals surface area contributed by atoms with Gasteiger partial charge in [0.25, 0.3) is 0 Å². The summed E-state index contributed by atoms with van der Waals surface area (Å²) in [5.41, 5.74) is 9.59. The van der Waals surface area contributed by atoms with Crippen LogP contribution in [0.15, 0.2) is 0 Å². The Balaban J connectivity index is -0.000000169. The highest BCUT2D eigenvalue weighted by Gasteiger charge is 2.33. The van der Waals surface area contributed by atoms with Crippen LogP contribution in [-0.4, -0.2) is 122 Å². The zero-order valence-corrected chi connectivity index (χ0v) is 51.3. The van der Waals surface area contributed by atoms with Crippen molar-refractivity contribution in [3.63, 3.8) is 0 Å². The highest BCUT2D eigenvalue weighted by atomic mass is 35.5.